The van der Waals surface area contributed by atoms with Crippen molar-refractivity contribution in [2.45, 2.75) is 12.8 Å². The Labute approximate surface area is 183 Å². The highest BCUT2D eigenvalue weighted by Crippen LogP contribution is 2.29. The van der Waals surface area contributed by atoms with E-state index in [2.05, 4.69) is 12.1 Å². The first kappa shape index (κ1) is 20.5. The van der Waals surface area contributed by atoms with Crippen LogP contribution in [0.4, 0.5) is 0 Å². The molecule has 0 atom stereocenters. The highest BCUT2D eigenvalue weighted by molar-refractivity contribution is 7.96. The lowest BCUT2D eigenvalue weighted by molar-refractivity contribution is -0.131. The molecule has 154 valence electrons. The molecule has 2 aliphatic heterocycles. The summed E-state index contributed by atoms with van der Waals surface area (Å²) in [7, 11) is 0. The zero-order valence-corrected chi connectivity index (χ0v) is 18.4. The van der Waals surface area contributed by atoms with Crippen LogP contribution in [-0.4, -0.2) is 64.7 Å². The lowest BCUT2D eigenvalue weighted by Gasteiger charge is -2.35. The minimum absolute atomic E-state index is 0.199. The molecule has 0 bridgehead atoms. The van der Waals surface area contributed by atoms with Crippen LogP contribution in [0.1, 0.15) is 9.75 Å². The molecule has 0 unspecified atom stereocenters. The highest BCUT2D eigenvalue weighted by Gasteiger charge is 2.37. The number of morpholine rings is 1. The summed E-state index contributed by atoms with van der Waals surface area (Å²) in [5.41, 5.74) is 0.253. The SMILES string of the molecule is O=C1C(=CN2CCOCC2)C(=O)N(CCc2cccs2)SN1CCc1cccs1. The molecule has 9 heteroatoms. The second-order valence-electron chi connectivity index (χ2n) is 6.75. The van der Waals surface area contributed by atoms with Gasteiger partial charge in [-0.1, -0.05) is 12.1 Å². The van der Waals surface area contributed by atoms with Gasteiger partial charge in [-0.3, -0.25) is 18.2 Å². The Bertz CT molecular complexity index is 787. The number of ether oxygens (including phenoxy) is 1. The Morgan fingerprint density at radius 2 is 1.45 bits per heavy atom. The van der Waals surface area contributed by atoms with Crippen LogP contribution in [0.2, 0.25) is 0 Å². The molecule has 0 aliphatic carbocycles. The normalized spacial score (nSPS) is 17.9. The quantitative estimate of drug-likeness (QED) is 0.369. The predicted molar refractivity (Wildman–Crippen MR) is 118 cm³/mol. The zero-order valence-electron chi connectivity index (χ0n) is 16.0. The van der Waals surface area contributed by atoms with Gasteiger partial charge in [0.25, 0.3) is 11.8 Å². The molecule has 6 nitrogen and oxygen atoms in total. The molecule has 2 saturated heterocycles. The third kappa shape index (κ3) is 5.22. The Morgan fingerprint density at radius 1 is 0.897 bits per heavy atom. The van der Waals surface area contributed by atoms with E-state index in [9.17, 15) is 9.59 Å². The van der Waals surface area contributed by atoms with E-state index in [1.54, 1.807) is 37.5 Å². The molecule has 0 saturated carbocycles. The fourth-order valence-corrected chi connectivity index (χ4v) is 5.50. The van der Waals surface area contributed by atoms with Crippen molar-refractivity contribution >= 4 is 46.6 Å². The fraction of sp³-hybridized carbons (Fsp3) is 0.400. The summed E-state index contributed by atoms with van der Waals surface area (Å²) in [5.74, 6) is -0.397. The third-order valence-electron chi connectivity index (χ3n) is 4.75. The number of carbonyl (C=O) groups is 2. The average Bonchev–Trinajstić information content (AvgIpc) is 3.45. The molecule has 2 aromatic rings. The van der Waals surface area contributed by atoms with Crippen LogP contribution in [-0.2, 0) is 27.2 Å². The molecule has 2 aromatic heterocycles. The number of nitrogens with zero attached hydrogens (tertiary/aromatic N) is 3. The standard InChI is InChI=1S/C20H23N3O3S3/c24-19-18(15-21-9-11-26-12-10-21)20(25)23(8-6-17-4-2-14-28-17)29-22(19)7-5-16-3-1-13-27-16/h1-4,13-15H,5-12H2. The molecule has 0 spiro atoms. The molecule has 0 aromatic carbocycles. The first-order chi connectivity index (χ1) is 14.2. The first-order valence-electron chi connectivity index (χ1n) is 9.61. The van der Waals surface area contributed by atoms with E-state index in [-0.39, 0.29) is 17.4 Å². The average molecular weight is 450 g/mol. The number of hydrogen-bond donors (Lipinski definition) is 0. The van der Waals surface area contributed by atoms with Crippen molar-refractivity contribution < 1.29 is 14.3 Å². The summed E-state index contributed by atoms with van der Waals surface area (Å²) in [6.45, 7) is 3.78. The fourth-order valence-electron chi connectivity index (χ4n) is 3.17. The summed E-state index contributed by atoms with van der Waals surface area (Å²) in [6, 6.07) is 8.19. The summed E-state index contributed by atoms with van der Waals surface area (Å²) >= 11 is 4.63. The van der Waals surface area contributed by atoms with Crippen molar-refractivity contribution in [3.63, 3.8) is 0 Å². The van der Waals surface area contributed by atoms with E-state index in [1.165, 1.54) is 21.9 Å². The van der Waals surface area contributed by atoms with Gasteiger partial charge in [0.05, 0.1) is 25.3 Å². The van der Waals surface area contributed by atoms with Gasteiger partial charge in [0, 0.05) is 55.0 Å². The van der Waals surface area contributed by atoms with Crippen LogP contribution in [0.25, 0.3) is 0 Å². The van der Waals surface area contributed by atoms with Crippen LogP contribution in [0.5, 0.6) is 0 Å². The first-order valence-corrected chi connectivity index (χ1v) is 12.1. The second kappa shape index (κ2) is 9.80. The van der Waals surface area contributed by atoms with Gasteiger partial charge >= 0.3 is 0 Å². The monoisotopic (exact) mass is 449 g/mol. The lowest BCUT2D eigenvalue weighted by atomic mass is 10.2. The summed E-state index contributed by atoms with van der Waals surface area (Å²) in [6.07, 6.45) is 3.31. The van der Waals surface area contributed by atoms with Crippen LogP contribution < -0.4 is 0 Å². The molecule has 0 radical (unpaired) electrons. The van der Waals surface area contributed by atoms with Crippen molar-refractivity contribution in [2.75, 3.05) is 39.4 Å². The molecule has 0 N–H and O–H groups in total. The van der Waals surface area contributed by atoms with Gasteiger partial charge in [-0.15, -0.1) is 22.7 Å². The van der Waals surface area contributed by atoms with E-state index in [0.717, 1.165) is 12.8 Å². The smallest absolute Gasteiger partial charge is 0.272 e. The minimum Gasteiger partial charge on any atom is -0.378 e. The maximum absolute atomic E-state index is 13.1. The van der Waals surface area contributed by atoms with Gasteiger partial charge in [-0.2, -0.15) is 0 Å². The van der Waals surface area contributed by atoms with Crippen molar-refractivity contribution in [3.05, 3.63) is 56.6 Å². The van der Waals surface area contributed by atoms with E-state index < -0.39 is 0 Å². The molecular formula is C20H23N3O3S3. The number of carbonyl (C=O) groups excluding carboxylic acids is 2. The van der Waals surface area contributed by atoms with Gasteiger partial charge in [0.15, 0.2) is 0 Å². The van der Waals surface area contributed by atoms with E-state index in [1.807, 2.05) is 27.8 Å². The molecule has 2 fully saturated rings. The highest BCUT2D eigenvalue weighted by atomic mass is 32.2. The maximum Gasteiger partial charge on any atom is 0.272 e. The van der Waals surface area contributed by atoms with Crippen LogP contribution in [0.3, 0.4) is 0 Å². The topological polar surface area (TPSA) is 53.1 Å². The Morgan fingerprint density at radius 3 is 1.93 bits per heavy atom. The van der Waals surface area contributed by atoms with E-state index in [4.69, 9.17) is 4.74 Å². The minimum atomic E-state index is -0.199. The van der Waals surface area contributed by atoms with Gasteiger partial charge in [-0.05, 0) is 22.9 Å². The molecule has 29 heavy (non-hydrogen) atoms. The summed E-state index contributed by atoms with van der Waals surface area (Å²) in [5, 5.41) is 4.09. The number of thiophene rings is 2. The summed E-state index contributed by atoms with van der Waals surface area (Å²) in [4.78, 5) is 30.7. The van der Waals surface area contributed by atoms with Gasteiger partial charge in [-0.25, -0.2) is 0 Å². The second-order valence-corrected chi connectivity index (χ2v) is 9.86. The van der Waals surface area contributed by atoms with Crippen molar-refractivity contribution in [2.24, 2.45) is 0 Å². The Kier molecular flexibility index (Phi) is 6.91. The number of hydrogen-bond acceptors (Lipinski definition) is 7. The predicted octanol–water partition coefficient (Wildman–Crippen LogP) is 3.04. The van der Waals surface area contributed by atoms with Crippen molar-refractivity contribution in [1.29, 1.82) is 0 Å². The maximum atomic E-state index is 13.1. The number of amides is 2. The Hall–Kier alpha value is -1.81. The molecule has 4 heterocycles. The summed E-state index contributed by atoms with van der Waals surface area (Å²) < 4.78 is 8.83. The van der Waals surface area contributed by atoms with Gasteiger partial charge < -0.3 is 9.64 Å². The van der Waals surface area contributed by atoms with Gasteiger partial charge in [0.1, 0.15) is 5.57 Å². The van der Waals surface area contributed by atoms with Crippen molar-refractivity contribution in [1.82, 2.24) is 13.5 Å². The zero-order chi connectivity index (χ0) is 20.1. The molecule has 2 aliphatic rings. The largest absolute Gasteiger partial charge is 0.378 e. The van der Waals surface area contributed by atoms with Crippen molar-refractivity contribution in [3.8, 4) is 0 Å². The van der Waals surface area contributed by atoms with Crippen LogP contribution in [0.15, 0.2) is 46.8 Å². The Balaban J connectivity index is 1.50. The number of rotatable bonds is 7. The van der Waals surface area contributed by atoms with E-state index >= 15 is 0 Å². The lowest BCUT2D eigenvalue weighted by Crippen LogP contribution is -2.46. The van der Waals surface area contributed by atoms with Crippen LogP contribution >= 0.6 is 34.8 Å². The van der Waals surface area contributed by atoms with E-state index in [0.29, 0.717) is 39.4 Å². The molecular weight excluding hydrogens is 426 g/mol. The van der Waals surface area contributed by atoms with Gasteiger partial charge in [0.2, 0.25) is 0 Å². The molecule has 2 amide bonds. The third-order valence-corrected chi connectivity index (χ3v) is 7.71. The molecule has 4 rings (SSSR count). The van der Waals surface area contributed by atoms with Crippen LogP contribution in [0, 0.1) is 0 Å².